The molecule has 0 radical (unpaired) electrons. The number of hydrogen-bond donors (Lipinski definition) is 2. The van der Waals surface area contributed by atoms with Gasteiger partial charge in [0.15, 0.2) is 0 Å². The van der Waals surface area contributed by atoms with Crippen LogP contribution in [0.2, 0.25) is 0 Å². The fourth-order valence-corrected chi connectivity index (χ4v) is 1.19. The molecule has 78 valence electrons. The van der Waals surface area contributed by atoms with Crippen molar-refractivity contribution in [1.29, 1.82) is 0 Å². The van der Waals surface area contributed by atoms with Gasteiger partial charge >= 0.3 is 0 Å². The second-order valence-corrected chi connectivity index (χ2v) is 3.62. The molecular weight excluding hydrogens is 160 g/mol. The molecule has 0 aromatic rings. The van der Waals surface area contributed by atoms with Gasteiger partial charge in [-0.2, -0.15) is 0 Å². The number of allylic oxidation sites excluding steroid dienone is 1. The Balaban J connectivity index is 2.87. The summed E-state index contributed by atoms with van der Waals surface area (Å²) in [6.07, 6.45) is 4.94. The van der Waals surface area contributed by atoms with E-state index in [4.69, 9.17) is 0 Å². The van der Waals surface area contributed by atoms with Crippen LogP contribution in [-0.4, -0.2) is 26.7 Å². The van der Waals surface area contributed by atoms with Crippen molar-refractivity contribution >= 4 is 0 Å². The van der Waals surface area contributed by atoms with Gasteiger partial charge in [-0.3, -0.25) is 0 Å². The third-order valence-corrected chi connectivity index (χ3v) is 1.99. The van der Waals surface area contributed by atoms with Crippen LogP contribution in [0.3, 0.4) is 0 Å². The van der Waals surface area contributed by atoms with Crippen molar-refractivity contribution in [3.05, 3.63) is 12.2 Å². The molecule has 0 spiro atoms. The van der Waals surface area contributed by atoms with Gasteiger partial charge in [-0.15, -0.1) is 6.58 Å². The van der Waals surface area contributed by atoms with Crippen molar-refractivity contribution < 1.29 is 0 Å². The molecule has 0 fully saturated rings. The molecule has 0 amide bonds. The van der Waals surface area contributed by atoms with Crippen LogP contribution in [0.1, 0.15) is 32.6 Å². The van der Waals surface area contributed by atoms with Crippen LogP contribution < -0.4 is 10.6 Å². The van der Waals surface area contributed by atoms with Gasteiger partial charge in [0, 0.05) is 0 Å². The molecule has 0 bridgehead atoms. The third kappa shape index (κ3) is 11.7. The average molecular weight is 184 g/mol. The first-order valence-electron chi connectivity index (χ1n) is 5.27. The molecule has 0 aliphatic heterocycles. The Kier molecular flexibility index (Phi) is 9.49. The zero-order chi connectivity index (χ0) is 9.94. The zero-order valence-corrected chi connectivity index (χ0v) is 9.16. The van der Waals surface area contributed by atoms with Crippen molar-refractivity contribution in [2.24, 2.45) is 0 Å². The van der Waals surface area contributed by atoms with Crippen molar-refractivity contribution in [3.8, 4) is 0 Å². The van der Waals surface area contributed by atoms with E-state index >= 15 is 0 Å². The average Bonchev–Trinajstić information content (AvgIpc) is 2.09. The van der Waals surface area contributed by atoms with Gasteiger partial charge in [0.25, 0.3) is 0 Å². The summed E-state index contributed by atoms with van der Waals surface area (Å²) in [7, 11) is 1.99. The minimum atomic E-state index is 1.11. The van der Waals surface area contributed by atoms with E-state index in [0.29, 0.717) is 0 Å². The molecule has 2 N–H and O–H groups in total. The fourth-order valence-electron chi connectivity index (χ4n) is 1.19. The number of unbranched alkanes of at least 4 members (excludes halogenated alkanes) is 1. The molecule has 0 unspecified atom stereocenters. The summed E-state index contributed by atoms with van der Waals surface area (Å²) in [5, 5.41) is 6.56. The monoisotopic (exact) mass is 184 g/mol. The van der Waals surface area contributed by atoms with Crippen LogP contribution >= 0.6 is 0 Å². The Hall–Kier alpha value is -0.340. The summed E-state index contributed by atoms with van der Waals surface area (Å²) in [5.41, 5.74) is 1.30. The standard InChI is InChI=1S/C11H24N2/c1-11(2)7-4-5-9-13-10-6-8-12-3/h12-13H,1,4-10H2,2-3H3. The molecule has 0 saturated heterocycles. The van der Waals surface area contributed by atoms with E-state index in [1.54, 1.807) is 0 Å². The number of hydrogen-bond acceptors (Lipinski definition) is 2. The van der Waals surface area contributed by atoms with Crippen LogP contribution in [0.15, 0.2) is 12.2 Å². The quantitative estimate of drug-likeness (QED) is 0.423. The lowest BCUT2D eigenvalue weighted by atomic mass is 10.1. The lowest BCUT2D eigenvalue weighted by Gasteiger charge is -2.04. The van der Waals surface area contributed by atoms with Gasteiger partial charge in [0.05, 0.1) is 0 Å². The van der Waals surface area contributed by atoms with E-state index < -0.39 is 0 Å². The minimum absolute atomic E-state index is 1.11. The van der Waals surface area contributed by atoms with Crippen LogP contribution in [-0.2, 0) is 0 Å². The summed E-state index contributed by atoms with van der Waals surface area (Å²) < 4.78 is 0. The van der Waals surface area contributed by atoms with Gasteiger partial charge in [-0.1, -0.05) is 5.57 Å². The SMILES string of the molecule is C=C(C)CCCCNCCCNC. The summed E-state index contributed by atoms with van der Waals surface area (Å²) in [5.74, 6) is 0. The van der Waals surface area contributed by atoms with Gasteiger partial charge < -0.3 is 10.6 Å². The van der Waals surface area contributed by atoms with Gasteiger partial charge in [0.1, 0.15) is 0 Å². The molecular formula is C11H24N2. The maximum absolute atomic E-state index is 3.88. The second kappa shape index (κ2) is 9.75. The topological polar surface area (TPSA) is 24.1 Å². The van der Waals surface area contributed by atoms with Gasteiger partial charge in [-0.05, 0) is 59.3 Å². The van der Waals surface area contributed by atoms with E-state index in [1.807, 2.05) is 7.05 Å². The molecule has 0 atom stereocenters. The molecule has 0 aliphatic rings. The molecule has 2 nitrogen and oxygen atoms in total. The molecule has 0 heterocycles. The van der Waals surface area contributed by atoms with E-state index in [9.17, 15) is 0 Å². The fraction of sp³-hybridized carbons (Fsp3) is 0.818. The van der Waals surface area contributed by atoms with Crippen molar-refractivity contribution in [1.82, 2.24) is 10.6 Å². The molecule has 0 aliphatic carbocycles. The molecule has 0 aromatic heterocycles. The van der Waals surface area contributed by atoms with Crippen molar-refractivity contribution in [2.45, 2.75) is 32.6 Å². The van der Waals surface area contributed by atoms with Gasteiger partial charge in [-0.25, -0.2) is 0 Å². The van der Waals surface area contributed by atoms with Crippen molar-refractivity contribution in [2.75, 3.05) is 26.7 Å². The van der Waals surface area contributed by atoms with Crippen LogP contribution in [0.25, 0.3) is 0 Å². The first kappa shape index (κ1) is 12.7. The molecule has 0 aromatic carbocycles. The predicted molar refractivity (Wildman–Crippen MR) is 60.1 cm³/mol. The van der Waals surface area contributed by atoms with Gasteiger partial charge in [0.2, 0.25) is 0 Å². The van der Waals surface area contributed by atoms with E-state index in [-0.39, 0.29) is 0 Å². The lowest BCUT2D eigenvalue weighted by molar-refractivity contribution is 0.591. The highest BCUT2D eigenvalue weighted by Crippen LogP contribution is 2.02. The van der Waals surface area contributed by atoms with Crippen LogP contribution in [0.5, 0.6) is 0 Å². The largest absolute Gasteiger partial charge is 0.320 e. The minimum Gasteiger partial charge on any atom is -0.320 e. The molecule has 0 rings (SSSR count). The van der Waals surface area contributed by atoms with Crippen LogP contribution in [0.4, 0.5) is 0 Å². The Morgan fingerprint density at radius 2 is 1.77 bits per heavy atom. The molecule has 0 saturated carbocycles. The zero-order valence-electron chi connectivity index (χ0n) is 9.16. The Morgan fingerprint density at radius 1 is 1.08 bits per heavy atom. The highest BCUT2D eigenvalue weighted by Gasteiger charge is 1.89. The summed E-state index contributed by atoms with van der Waals surface area (Å²) in [4.78, 5) is 0. The van der Waals surface area contributed by atoms with Crippen LogP contribution in [0, 0.1) is 0 Å². The number of nitrogens with one attached hydrogen (secondary N) is 2. The number of rotatable bonds is 9. The Morgan fingerprint density at radius 3 is 2.38 bits per heavy atom. The molecule has 2 heteroatoms. The lowest BCUT2D eigenvalue weighted by Crippen LogP contribution is -2.20. The highest BCUT2D eigenvalue weighted by molar-refractivity contribution is 4.87. The smallest absolute Gasteiger partial charge is 0.00368 e. The van der Waals surface area contributed by atoms with E-state index in [2.05, 4.69) is 24.1 Å². The summed E-state index contributed by atoms with van der Waals surface area (Å²) >= 11 is 0. The van der Waals surface area contributed by atoms with Crippen molar-refractivity contribution in [3.63, 3.8) is 0 Å². The summed E-state index contributed by atoms with van der Waals surface area (Å²) in [6, 6.07) is 0. The van der Waals surface area contributed by atoms with E-state index in [0.717, 1.165) is 19.6 Å². The second-order valence-electron chi connectivity index (χ2n) is 3.62. The maximum atomic E-state index is 3.88. The van der Waals surface area contributed by atoms with E-state index in [1.165, 1.54) is 31.3 Å². The Bertz CT molecular complexity index is 121. The first-order chi connectivity index (χ1) is 6.27. The molecule has 13 heavy (non-hydrogen) atoms. The maximum Gasteiger partial charge on any atom is -0.00368 e. The predicted octanol–water partition coefficient (Wildman–Crippen LogP) is 1.93. The normalized spacial score (nSPS) is 10.3. The Labute approximate surface area is 82.8 Å². The summed E-state index contributed by atoms with van der Waals surface area (Å²) in [6.45, 7) is 9.37. The third-order valence-electron chi connectivity index (χ3n) is 1.99. The first-order valence-corrected chi connectivity index (χ1v) is 5.27. The highest BCUT2D eigenvalue weighted by atomic mass is 14.9.